The highest BCUT2D eigenvalue weighted by atomic mass is 79.9. The molecule has 0 aliphatic carbocycles. The van der Waals surface area contributed by atoms with Crippen molar-refractivity contribution in [2.45, 2.75) is 23.9 Å². The molecule has 0 aliphatic rings. The van der Waals surface area contributed by atoms with Gasteiger partial charge in [0.1, 0.15) is 12.1 Å². The Morgan fingerprint density at radius 3 is 3.04 bits per heavy atom. The third kappa shape index (κ3) is 5.02. The maximum Gasteiger partial charge on any atom is 0.237 e. The van der Waals surface area contributed by atoms with Gasteiger partial charge in [0, 0.05) is 18.1 Å². The van der Waals surface area contributed by atoms with Gasteiger partial charge >= 0.3 is 0 Å². The van der Waals surface area contributed by atoms with Gasteiger partial charge in [0.25, 0.3) is 0 Å². The number of thioether (sulfide) groups is 1. The van der Waals surface area contributed by atoms with Crippen molar-refractivity contribution < 1.29 is 13.9 Å². The van der Waals surface area contributed by atoms with Gasteiger partial charge in [-0.2, -0.15) is 0 Å². The summed E-state index contributed by atoms with van der Waals surface area (Å²) < 4.78 is 21.2. The predicted octanol–water partition coefficient (Wildman–Crippen LogP) is 2.95. The molecule has 0 radical (unpaired) electrons. The topological polar surface area (TPSA) is 69.0 Å². The van der Waals surface area contributed by atoms with E-state index in [0.29, 0.717) is 22.8 Å². The Morgan fingerprint density at radius 2 is 2.35 bits per heavy atom. The minimum Gasteiger partial charge on any atom is -0.383 e. The number of carbonyl (C=O) groups is 1. The van der Waals surface area contributed by atoms with Crippen molar-refractivity contribution in [3.8, 4) is 0 Å². The summed E-state index contributed by atoms with van der Waals surface area (Å²) in [5, 5.41) is 10.6. The monoisotopic (exact) mass is 402 g/mol. The van der Waals surface area contributed by atoms with Crippen LogP contribution in [0, 0.1) is 5.82 Å². The molecule has 0 fully saturated rings. The molecule has 0 saturated heterocycles. The van der Waals surface area contributed by atoms with Gasteiger partial charge in [0.2, 0.25) is 5.91 Å². The molecule has 1 amide bonds. The Balaban J connectivity index is 1.98. The molecule has 1 unspecified atom stereocenters. The summed E-state index contributed by atoms with van der Waals surface area (Å²) in [6.45, 7) is 2.85. The molecule has 1 heterocycles. The number of benzene rings is 1. The Labute approximate surface area is 145 Å². The number of nitrogens with zero attached hydrogens (tertiary/aromatic N) is 3. The predicted molar refractivity (Wildman–Crippen MR) is 89.9 cm³/mol. The van der Waals surface area contributed by atoms with Crippen LogP contribution in [0.5, 0.6) is 0 Å². The van der Waals surface area contributed by atoms with Gasteiger partial charge < -0.3 is 14.6 Å². The molecule has 1 N–H and O–H groups in total. The molecule has 124 valence electrons. The van der Waals surface area contributed by atoms with Crippen LogP contribution in [0.15, 0.2) is 34.2 Å². The van der Waals surface area contributed by atoms with Gasteiger partial charge in [-0.15, -0.1) is 10.2 Å². The lowest BCUT2D eigenvalue weighted by Gasteiger charge is -2.13. The van der Waals surface area contributed by atoms with E-state index in [9.17, 15) is 9.18 Å². The van der Waals surface area contributed by atoms with Crippen molar-refractivity contribution in [2.75, 3.05) is 19.0 Å². The average Bonchev–Trinajstić information content (AvgIpc) is 2.95. The number of ether oxygens (including phenoxy) is 1. The molecule has 0 bridgehead atoms. The van der Waals surface area contributed by atoms with E-state index < -0.39 is 11.1 Å². The Hall–Kier alpha value is -1.45. The zero-order valence-corrected chi connectivity index (χ0v) is 15.0. The van der Waals surface area contributed by atoms with Crippen molar-refractivity contribution >= 4 is 39.3 Å². The standard InChI is InChI=1S/C14H16BrFN4O2S/c1-9(23-14-19-17-8-20(14)5-6-22-2)13(21)18-12-4-3-10(15)7-11(12)16/h3-4,7-9H,5-6H2,1-2H3,(H,18,21). The van der Waals surface area contributed by atoms with Crippen molar-refractivity contribution in [1.82, 2.24) is 14.8 Å². The maximum atomic E-state index is 13.8. The number of halogens is 2. The summed E-state index contributed by atoms with van der Waals surface area (Å²) in [5.74, 6) is -0.800. The second kappa shape index (κ2) is 8.42. The van der Waals surface area contributed by atoms with E-state index >= 15 is 0 Å². The second-order valence-corrected chi connectivity index (χ2v) is 6.90. The van der Waals surface area contributed by atoms with Crippen molar-refractivity contribution in [1.29, 1.82) is 0 Å². The van der Waals surface area contributed by atoms with E-state index in [2.05, 4.69) is 31.4 Å². The number of hydrogen-bond acceptors (Lipinski definition) is 5. The zero-order chi connectivity index (χ0) is 16.8. The minimum absolute atomic E-state index is 0.145. The third-order valence-corrected chi connectivity index (χ3v) is 4.54. The van der Waals surface area contributed by atoms with Crippen molar-refractivity contribution in [2.24, 2.45) is 0 Å². The fourth-order valence-corrected chi connectivity index (χ4v) is 2.90. The molecule has 0 spiro atoms. The van der Waals surface area contributed by atoms with Crippen LogP contribution in [-0.4, -0.2) is 39.6 Å². The van der Waals surface area contributed by atoms with Gasteiger partial charge in [0.15, 0.2) is 5.16 Å². The first kappa shape index (κ1) is 17.9. The Bertz CT molecular complexity index is 683. The lowest BCUT2D eigenvalue weighted by atomic mass is 10.3. The number of rotatable bonds is 7. The molecule has 0 saturated carbocycles. The van der Waals surface area contributed by atoms with E-state index in [0.717, 1.165) is 0 Å². The van der Waals surface area contributed by atoms with Crippen LogP contribution < -0.4 is 5.32 Å². The highest BCUT2D eigenvalue weighted by Crippen LogP contribution is 2.24. The van der Waals surface area contributed by atoms with Crippen LogP contribution in [0.2, 0.25) is 0 Å². The zero-order valence-electron chi connectivity index (χ0n) is 12.6. The fraction of sp³-hybridized carbons (Fsp3) is 0.357. The molecule has 1 aromatic carbocycles. The summed E-state index contributed by atoms with van der Waals surface area (Å²) in [6.07, 6.45) is 1.58. The Kier molecular flexibility index (Phi) is 6.55. The van der Waals surface area contributed by atoms with E-state index in [-0.39, 0.29) is 11.6 Å². The molecule has 2 rings (SSSR count). The molecule has 23 heavy (non-hydrogen) atoms. The lowest BCUT2D eigenvalue weighted by Crippen LogP contribution is -2.23. The number of anilines is 1. The summed E-state index contributed by atoms with van der Waals surface area (Å²) >= 11 is 4.43. The van der Waals surface area contributed by atoms with Crippen LogP contribution >= 0.6 is 27.7 Å². The fourth-order valence-electron chi connectivity index (χ4n) is 1.72. The molecule has 6 nitrogen and oxygen atoms in total. The van der Waals surface area contributed by atoms with Gasteiger partial charge in [-0.3, -0.25) is 4.79 Å². The Morgan fingerprint density at radius 1 is 1.57 bits per heavy atom. The number of amides is 1. The summed E-state index contributed by atoms with van der Waals surface area (Å²) in [5.41, 5.74) is 0.145. The van der Waals surface area contributed by atoms with Crippen LogP contribution in [0.1, 0.15) is 6.92 Å². The summed E-state index contributed by atoms with van der Waals surface area (Å²) in [7, 11) is 1.61. The highest BCUT2D eigenvalue weighted by molar-refractivity contribution is 9.10. The van der Waals surface area contributed by atoms with Crippen LogP contribution in [0.3, 0.4) is 0 Å². The third-order valence-electron chi connectivity index (χ3n) is 2.96. The number of aromatic nitrogens is 3. The van der Waals surface area contributed by atoms with Gasteiger partial charge in [-0.1, -0.05) is 27.7 Å². The molecule has 1 atom stereocenters. The molecular formula is C14H16BrFN4O2S. The smallest absolute Gasteiger partial charge is 0.237 e. The largest absolute Gasteiger partial charge is 0.383 e. The molecule has 2 aromatic rings. The SMILES string of the molecule is COCCn1cnnc1SC(C)C(=O)Nc1ccc(Br)cc1F. The maximum absolute atomic E-state index is 13.8. The first-order valence-electron chi connectivity index (χ1n) is 6.80. The second-order valence-electron chi connectivity index (χ2n) is 4.67. The van der Waals surface area contributed by atoms with E-state index in [1.54, 1.807) is 31.0 Å². The molecular weight excluding hydrogens is 387 g/mol. The van der Waals surface area contributed by atoms with Crippen LogP contribution in [0.4, 0.5) is 10.1 Å². The van der Waals surface area contributed by atoms with Crippen molar-refractivity contribution in [3.63, 3.8) is 0 Å². The quantitative estimate of drug-likeness (QED) is 0.720. The number of hydrogen-bond donors (Lipinski definition) is 1. The number of nitrogens with one attached hydrogen (secondary N) is 1. The molecule has 9 heteroatoms. The van der Waals surface area contributed by atoms with Crippen molar-refractivity contribution in [3.05, 3.63) is 34.8 Å². The highest BCUT2D eigenvalue weighted by Gasteiger charge is 2.19. The van der Waals surface area contributed by atoms with Gasteiger partial charge in [0.05, 0.1) is 17.5 Å². The molecule has 0 aliphatic heterocycles. The van der Waals surface area contributed by atoms with E-state index in [1.165, 1.54) is 23.9 Å². The van der Waals surface area contributed by atoms with E-state index in [4.69, 9.17) is 4.74 Å². The normalized spacial score (nSPS) is 12.2. The first-order chi connectivity index (χ1) is 11.0. The van der Waals surface area contributed by atoms with Crippen LogP contribution in [-0.2, 0) is 16.1 Å². The summed E-state index contributed by atoms with van der Waals surface area (Å²) in [6, 6.07) is 4.47. The molecule has 1 aromatic heterocycles. The number of methoxy groups -OCH3 is 1. The van der Waals surface area contributed by atoms with Crippen LogP contribution in [0.25, 0.3) is 0 Å². The van der Waals surface area contributed by atoms with E-state index in [1.807, 2.05) is 0 Å². The lowest BCUT2D eigenvalue weighted by molar-refractivity contribution is -0.115. The number of carbonyl (C=O) groups excluding carboxylic acids is 1. The minimum atomic E-state index is -0.492. The van der Waals surface area contributed by atoms with Gasteiger partial charge in [-0.25, -0.2) is 4.39 Å². The summed E-state index contributed by atoms with van der Waals surface area (Å²) in [4.78, 5) is 12.2. The average molecular weight is 403 g/mol. The first-order valence-corrected chi connectivity index (χ1v) is 8.48. The van der Waals surface area contributed by atoms with Gasteiger partial charge in [-0.05, 0) is 25.1 Å².